The summed E-state index contributed by atoms with van der Waals surface area (Å²) >= 11 is 0. The van der Waals surface area contributed by atoms with Gasteiger partial charge in [0.1, 0.15) is 0 Å². The molecule has 18 heavy (non-hydrogen) atoms. The van der Waals surface area contributed by atoms with Gasteiger partial charge in [-0.25, -0.2) is 4.39 Å². The summed E-state index contributed by atoms with van der Waals surface area (Å²) in [6.07, 6.45) is 0.986. The van der Waals surface area contributed by atoms with E-state index >= 15 is 0 Å². The molecule has 1 atom stereocenters. The Balaban J connectivity index is 2.17. The number of likely N-dealkylation sites (N-methyl/N-ethyl adjacent to an activating group) is 1. The van der Waals surface area contributed by atoms with Crippen molar-refractivity contribution in [2.75, 3.05) is 39.1 Å². The van der Waals surface area contributed by atoms with Gasteiger partial charge in [0, 0.05) is 31.4 Å². The molecule has 1 unspecified atom stereocenters. The van der Waals surface area contributed by atoms with E-state index in [1.807, 2.05) is 0 Å². The molecular weight excluding hydrogens is 233 g/mol. The van der Waals surface area contributed by atoms with Crippen LogP contribution in [0.4, 0.5) is 10.1 Å². The summed E-state index contributed by atoms with van der Waals surface area (Å²) in [5, 5.41) is 3.42. The lowest BCUT2D eigenvalue weighted by atomic mass is 9.98. The maximum atomic E-state index is 13.3. The fourth-order valence-electron chi connectivity index (χ4n) is 2.44. The van der Waals surface area contributed by atoms with Crippen molar-refractivity contribution >= 4 is 5.69 Å². The standard InChI is InChI=1S/C13H20FN3O/c1-17-6-5-13(8-15,9-17)16-10-3-4-11(14)12(7-10)18-2/h3-4,7,16H,5-6,8-9,15H2,1-2H3. The molecule has 1 aliphatic heterocycles. The molecule has 0 spiro atoms. The highest BCUT2D eigenvalue weighted by Gasteiger charge is 2.35. The van der Waals surface area contributed by atoms with Crippen LogP contribution in [0.2, 0.25) is 0 Å². The quantitative estimate of drug-likeness (QED) is 0.848. The summed E-state index contributed by atoms with van der Waals surface area (Å²) in [5.74, 6) is -0.105. The van der Waals surface area contributed by atoms with Crippen molar-refractivity contribution in [3.8, 4) is 5.75 Å². The maximum Gasteiger partial charge on any atom is 0.165 e. The Morgan fingerprint density at radius 3 is 2.89 bits per heavy atom. The molecule has 5 heteroatoms. The summed E-state index contributed by atoms with van der Waals surface area (Å²) in [5.41, 5.74) is 6.60. The number of nitrogens with one attached hydrogen (secondary N) is 1. The fourth-order valence-corrected chi connectivity index (χ4v) is 2.44. The molecule has 0 aliphatic carbocycles. The molecular formula is C13H20FN3O. The summed E-state index contributed by atoms with van der Waals surface area (Å²) in [6.45, 7) is 2.46. The first kappa shape index (κ1) is 13.1. The van der Waals surface area contributed by atoms with Crippen molar-refractivity contribution in [1.29, 1.82) is 0 Å². The highest BCUT2D eigenvalue weighted by molar-refractivity contribution is 5.51. The molecule has 0 bridgehead atoms. The van der Waals surface area contributed by atoms with Crippen LogP contribution in [0, 0.1) is 5.82 Å². The molecule has 1 saturated heterocycles. The van der Waals surface area contributed by atoms with Crippen LogP contribution < -0.4 is 15.8 Å². The SMILES string of the molecule is COc1cc(NC2(CN)CCN(C)C2)ccc1F. The van der Waals surface area contributed by atoms with Crippen molar-refractivity contribution in [1.82, 2.24) is 4.90 Å². The van der Waals surface area contributed by atoms with Crippen LogP contribution in [0.25, 0.3) is 0 Å². The molecule has 2 rings (SSSR count). The van der Waals surface area contributed by atoms with Crippen LogP contribution >= 0.6 is 0 Å². The van der Waals surface area contributed by atoms with Crippen molar-refractivity contribution in [2.24, 2.45) is 5.73 Å². The molecule has 4 nitrogen and oxygen atoms in total. The minimum Gasteiger partial charge on any atom is -0.494 e. The lowest BCUT2D eigenvalue weighted by Crippen LogP contribution is -2.47. The van der Waals surface area contributed by atoms with Gasteiger partial charge in [-0.2, -0.15) is 0 Å². The van der Waals surface area contributed by atoms with Gasteiger partial charge in [-0.05, 0) is 25.6 Å². The van der Waals surface area contributed by atoms with E-state index in [1.54, 1.807) is 12.1 Å². The second-order valence-electron chi connectivity index (χ2n) is 4.95. The monoisotopic (exact) mass is 253 g/mol. The van der Waals surface area contributed by atoms with Gasteiger partial charge >= 0.3 is 0 Å². The van der Waals surface area contributed by atoms with Gasteiger partial charge in [0.15, 0.2) is 11.6 Å². The molecule has 0 saturated carbocycles. The van der Waals surface area contributed by atoms with E-state index < -0.39 is 0 Å². The first-order valence-corrected chi connectivity index (χ1v) is 6.09. The van der Waals surface area contributed by atoms with E-state index in [0.29, 0.717) is 6.54 Å². The lowest BCUT2D eigenvalue weighted by molar-refractivity contribution is 0.382. The first-order chi connectivity index (χ1) is 8.58. The number of ether oxygens (including phenoxy) is 1. The van der Waals surface area contributed by atoms with Gasteiger partial charge in [0.05, 0.1) is 12.6 Å². The number of rotatable bonds is 4. The number of nitrogens with two attached hydrogens (primary N) is 1. The third-order valence-electron chi connectivity index (χ3n) is 3.50. The molecule has 1 aliphatic rings. The Hall–Kier alpha value is -1.33. The van der Waals surface area contributed by atoms with Gasteiger partial charge in [-0.3, -0.25) is 0 Å². The smallest absolute Gasteiger partial charge is 0.165 e. The first-order valence-electron chi connectivity index (χ1n) is 6.09. The van der Waals surface area contributed by atoms with Crippen LogP contribution in [0.3, 0.4) is 0 Å². The molecule has 1 aromatic rings. The van der Waals surface area contributed by atoms with Gasteiger partial charge < -0.3 is 20.7 Å². The second-order valence-corrected chi connectivity index (χ2v) is 4.95. The van der Waals surface area contributed by atoms with Crippen molar-refractivity contribution in [3.63, 3.8) is 0 Å². The number of methoxy groups -OCH3 is 1. The number of hydrogen-bond donors (Lipinski definition) is 2. The Morgan fingerprint density at radius 2 is 2.33 bits per heavy atom. The molecule has 3 N–H and O–H groups in total. The summed E-state index contributed by atoms with van der Waals surface area (Å²) in [7, 11) is 3.54. The third kappa shape index (κ3) is 2.57. The highest BCUT2D eigenvalue weighted by Crippen LogP contribution is 2.27. The van der Waals surface area contributed by atoms with E-state index in [2.05, 4.69) is 17.3 Å². The number of hydrogen-bond acceptors (Lipinski definition) is 4. The van der Waals surface area contributed by atoms with E-state index in [0.717, 1.165) is 25.2 Å². The zero-order valence-electron chi connectivity index (χ0n) is 10.9. The summed E-state index contributed by atoms with van der Waals surface area (Å²) in [6, 6.07) is 4.79. The van der Waals surface area contributed by atoms with Crippen molar-refractivity contribution < 1.29 is 9.13 Å². The van der Waals surface area contributed by atoms with Gasteiger partial charge in [-0.15, -0.1) is 0 Å². The van der Waals surface area contributed by atoms with Crippen LogP contribution in [0.1, 0.15) is 6.42 Å². The average molecular weight is 253 g/mol. The molecule has 0 radical (unpaired) electrons. The topological polar surface area (TPSA) is 50.5 Å². The normalized spacial score (nSPS) is 24.2. The van der Waals surface area contributed by atoms with E-state index in [9.17, 15) is 4.39 Å². The number of nitrogens with zero attached hydrogens (tertiary/aromatic N) is 1. The van der Waals surface area contributed by atoms with Gasteiger partial charge in [0.25, 0.3) is 0 Å². The predicted octanol–water partition coefficient (Wildman–Crippen LogP) is 1.28. The Bertz CT molecular complexity index is 427. The predicted molar refractivity (Wildman–Crippen MR) is 70.5 cm³/mol. The van der Waals surface area contributed by atoms with E-state index in [-0.39, 0.29) is 17.1 Å². The highest BCUT2D eigenvalue weighted by atomic mass is 19.1. The van der Waals surface area contributed by atoms with Crippen LogP contribution in [0.5, 0.6) is 5.75 Å². The molecule has 0 amide bonds. The minimum atomic E-state index is -0.353. The Labute approximate surface area is 107 Å². The number of benzene rings is 1. The van der Waals surface area contributed by atoms with Gasteiger partial charge in [0.2, 0.25) is 0 Å². The fraction of sp³-hybridized carbons (Fsp3) is 0.538. The minimum absolute atomic E-state index is 0.127. The van der Waals surface area contributed by atoms with Crippen LogP contribution in [0.15, 0.2) is 18.2 Å². The number of likely N-dealkylation sites (tertiary alicyclic amines) is 1. The third-order valence-corrected chi connectivity index (χ3v) is 3.50. The average Bonchev–Trinajstić information content (AvgIpc) is 2.74. The Kier molecular flexibility index (Phi) is 3.73. The van der Waals surface area contributed by atoms with Gasteiger partial charge in [-0.1, -0.05) is 0 Å². The zero-order chi connectivity index (χ0) is 13.2. The van der Waals surface area contributed by atoms with Crippen LogP contribution in [-0.2, 0) is 0 Å². The molecule has 1 heterocycles. The summed E-state index contributed by atoms with van der Waals surface area (Å²) < 4.78 is 18.3. The van der Waals surface area contributed by atoms with E-state index in [1.165, 1.54) is 13.2 Å². The second kappa shape index (κ2) is 5.12. The van der Waals surface area contributed by atoms with Crippen LogP contribution in [-0.4, -0.2) is 44.2 Å². The lowest BCUT2D eigenvalue weighted by Gasteiger charge is -2.30. The molecule has 1 aromatic carbocycles. The Morgan fingerprint density at radius 1 is 1.56 bits per heavy atom. The molecule has 0 aromatic heterocycles. The molecule has 1 fully saturated rings. The van der Waals surface area contributed by atoms with Crippen molar-refractivity contribution in [3.05, 3.63) is 24.0 Å². The number of halogens is 1. The zero-order valence-corrected chi connectivity index (χ0v) is 10.9. The maximum absolute atomic E-state index is 13.3. The largest absolute Gasteiger partial charge is 0.494 e. The van der Waals surface area contributed by atoms with Crippen molar-refractivity contribution in [2.45, 2.75) is 12.0 Å². The summed E-state index contributed by atoms with van der Waals surface area (Å²) in [4.78, 5) is 2.24. The number of anilines is 1. The van der Waals surface area contributed by atoms with E-state index in [4.69, 9.17) is 10.5 Å². The molecule has 100 valence electrons.